The maximum absolute atomic E-state index is 12.1. The highest BCUT2D eigenvalue weighted by molar-refractivity contribution is 6.30. The third-order valence-electron chi connectivity index (χ3n) is 3.13. The minimum Gasteiger partial charge on any atom is -0.550 e. The van der Waals surface area contributed by atoms with Gasteiger partial charge in [0.2, 0.25) is 0 Å². The second-order valence-corrected chi connectivity index (χ2v) is 4.85. The molecule has 5 heteroatoms. The molecule has 0 N–H and O–H groups in total. The first-order chi connectivity index (χ1) is 8.58. The number of nitrogens with zero attached hydrogens (tertiary/aromatic N) is 1. The zero-order chi connectivity index (χ0) is 13.1. The highest BCUT2D eigenvalue weighted by Crippen LogP contribution is 2.19. The normalized spacial score (nSPS) is 19.6. The van der Waals surface area contributed by atoms with E-state index in [0.29, 0.717) is 30.0 Å². The Morgan fingerprint density at radius 3 is 2.56 bits per heavy atom. The summed E-state index contributed by atoms with van der Waals surface area (Å²) in [5.74, 6) is -1.80. The van der Waals surface area contributed by atoms with Crippen molar-refractivity contribution in [3.8, 4) is 0 Å². The van der Waals surface area contributed by atoms with Crippen molar-refractivity contribution in [3.05, 3.63) is 34.9 Å². The van der Waals surface area contributed by atoms with Gasteiger partial charge in [0, 0.05) is 35.6 Å². The van der Waals surface area contributed by atoms with Crippen molar-refractivity contribution in [3.63, 3.8) is 0 Å². The molecule has 0 radical (unpaired) electrons. The Balaban J connectivity index is 2.09. The van der Waals surface area contributed by atoms with E-state index < -0.39 is 11.9 Å². The molecule has 1 aliphatic heterocycles. The van der Waals surface area contributed by atoms with Crippen LogP contribution in [0.4, 0.5) is 0 Å². The maximum atomic E-state index is 12.1. The lowest BCUT2D eigenvalue weighted by molar-refractivity contribution is -0.312. The molecule has 1 amide bonds. The van der Waals surface area contributed by atoms with Crippen molar-refractivity contribution in [1.82, 2.24) is 4.90 Å². The van der Waals surface area contributed by atoms with Crippen molar-refractivity contribution in [2.75, 3.05) is 13.1 Å². The van der Waals surface area contributed by atoms with E-state index in [-0.39, 0.29) is 12.5 Å². The first kappa shape index (κ1) is 12.9. The first-order valence-corrected chi connectivity index (χ1v) is 6.21. The van der Waals surface area contributed by atoms with Gasteiger partial charge < -0.3 is 14.8 Å². The third-order valence-corrected chi connectivity index (χ3v) is 3.39. The smallest absolute Gasteiger partial charge is 0.253 e. The lowest BCUT2D eigenvalue weighted by Crippen LogP contribution is -2.46. The number of carboxylic acid groups (broad SMARTS) is 1. The van der Waals surface area contributed by atoms with Gasteiger partial charge in [-0.3, -0.25) is 4.79 Å². The van der Waals surface area contributed by atoms with Crippen LogP contribution in [0.1, 0.15) is 23.2 Å². The molecule has 0 unspecified atom stereocenters. The van der Waals surface area contributed by atoms with E-state index in [2.05, 4.69) is 0 Å². The average molecular weight is 267 g/mol. The van der Waals surface area contributed by atoms with E-state index in [9.17, 15) is 14.7 Å². The van der Waals surface area contributed by atoms with Crippen molar-refractivity contribution >= 4 is 23.5 Å². The van der Waals surface area contributed by atoms with Crippen molar-refractivity contribution < 1.29 is 14.7 Å². The van der Waals surface area contributed by atoms with E-state index in [1.54, 1.807) is 29.2 Å². The summed E-state index contributed by atoms with van der Waals surface area (Å²) in [5.41, 5.74) is 0.526. The summed E-state index contributed by atoms with van der Waals surface area (Å²) in [7, 11) is 0. The molecular weight excluding hydrogens is 254 g/mol. The minimum absolute atomic E-state index is 0.155. The quantitative estimate of drug-likeness (QED) is 0.800. The van der Waals surface area contributed by atoms with Crippen LogP contribution in [0.25, 0.3) is 0 Å². The van der Waals surface area contributed by atoms with Crippen molar-refractivity contribution in [1.29, 1.82) is 0 Å². The predicted molar refractivity (Wildman–Crippen MR) is 65.1 cm³/mol. The number of rotatable bonds is 2. The highest BCUT2D eigenvalue weighted by atomic mass is 35.5. The number of carbonyl (C=O) groups excluding carboxylic acids is 2. The molecule has 1 fully saturated rings. The number of aliphatic carboxylic acids is 1. The van der Waals surface area contributed by atoms with Crippen molar-refractivity contribution in [2.45, 2.75) is 12.8 Å². The summed E-state index contributed by atoms with van der Waals surface area (Å²) in [6.45, 7) is 0.815. The molecule has 2 rings (SSSR count). The Labute approximate surface area is 110 Å². The van der Waals surface area contributed by atoms with Crippen LogP contribution in [0, 0.1) is 5.92 Å². The molecule has 0 saturated carbocycles. The van der Waals surface area contributed by atoms with Gasteiger partial charge in [-0.1, -0.05) is 11.6 Å². The molecular formula is C13H13ClNO3-. The van der Waals surface area contributed by atoms with E-state index in [1.807, 2.05) is 0 Å². The molecule has 96 valence electrons. The molecule has 1 aliphatic rings. The Bertz CT molecular complexity index is 458. The topological polar surface area (TPSA) is 60.4 Å². The molecule has 18 heavy (non-hydrogen) atoms. The number of hydrogen-bond donors (Lipinski definition) is 0. The van der Waals surface area contributed by atoms with Crippen LogP contribution in [-0.2, 0) is 4.79 Å². The van der Waals surface area contributed by atoms with Crippen LogP contribution in [-0.4, -0.2) is 29.9 Å². The number of piperidine rings is 1. The molecule has 1 aromatic rings. The van der Waals surface area contributed by atoms with E-state index >= 15 is 0 Å². The van der Waals surface area contributed by atoms with Crippen LogP contribution < -0.4 is 5.11 Å². The largest absolute Gasteiger partial charge is 0.550 e. The van der Waals surface area contributed by atoms with Gasteiger partial charge in [0.05, 0.1) is 0 Å². The van der Waals surface area contributed by atoms with Gasteiger partial charge in [0.1, 0.15) is 0 Å². The van der Waals surface area contributed by atoms with Crippen LogP contribution in [0.5, 0.6) is 0 Å². The van der Waals surface area contributed by atoms with E-state index in [4.69, 9.17) is 11.6 Å². The number of likely N-dealkylation sites (tertiary alicyclic amines) is 1. The van der Waals surface area contributed by atoms with E-state index in [0.717, 1.165) is 0 Å². The molecule has 4 nitrogen and oxygen atoms in total. The Kier molecular flexibility index (Phi) is 3.87. The average Bonchev–Trinajstić information content (AvgIpc) is 2.39. The van der Waals surface area contributed by atoms with Crippen LogP contribution >= 0.6 is 11.6 Å². The molecule has 1 heterocycles. The Morgan fingerprint density at radius 2 is 1.94 bits per heavy atom. The van der Waals surface area contributed by atoms with Crippen LogP contribution in [0.15, 0.2) is 24.3 Å². The number of benzene rings is 1. The summed E-state index contributed by atoms with van der Waals surface area (Å²) in [5, 5.41) is 11.4. The second-order valence-electron chi connectivity index (χ2n) is 4.42. The Hall–Kier alpha value is -1.55. The fraction of sp³-hybridized carbons (Fsp3) is 0.385. The fourth-order valence-electron chi connectivity index (χ4n) is 2.13. The molecule has 0 aliphatic carbocycles. The molecule has 0 aromatic heterocycles. The number of carboxylic acids is 1. The van der Waals surface area contributed by atoms with Gasteiger partial charge in [0.15, 0.2) is 0 Å². The fourth-order valence-corrected chi connectivity index (χ4v) is 2.26. The highest BCUT2D eigenvalue weighted by Gasteiger charge is 2.24. The van der Waals surface area contributed by atoms with Gasteiger partial charge in [0.25, 0.3) is 5.91 Å². The number of hydrogen-bond acceptors (Lipinski definition) is 3. The summed E-state index contributed by atoms with van der Waals surface area (Å²) >= 11 is 5.76. The molecule has 0 bridgehead atoms. The van der Waals surface area contributed by atoms with Crippen molar-refractivity contribution in [2.24, 2.45) is 5.92 Å². The summed E-state index contributed by atoms with van der Waals surface area (Å²) in [6, 6.07) is 6.59. The predicted octanol–water partition coefficient (Wildman–Crippen LogP) is 0.942. The van der Waals surface area contributed by atoms with E-state index in [1.165, 1.54) is 0 Å². The Morgan fingerprint density at radius 1 is 1.28 bits per heavy atom. The van der Waals surface area contributed by atoms with Gasteiger partial charge in [-0.2, -0.15) is 0 Å². The van der Waals surface area contributed by atoms with Gasteiger partial charge in [-0.25, -0.2) is 0 Å². The first-order valence-electron chi connectivity index (χ1n) is 5.83. The van der Waals surface area contributed by atoms with Crippen LogP contribution in [0.3, 0.4) is 0 Å². The lowest BCUT2D eigenvalue weighted by atomic mass is 9.97. The SMILES string of the molecule is O=C([O-])[C@@H]1CCCN(C(=O)c2ccc(Cl)cc2)C1. The lowest BCUT2D eigenvalue weighted by Gasteiger charge is -2.33. The zero-order valence-electron chi connectivity index (χ0n) is 9.77. The number of halogens is 1. The maximum Gasteiger partial charge on any atom is 0.253 e. The molecule has 0 spiro atoms. The third kappa shape index (κ3) is 2.82. The number of amides is 1. The summed E-state index contributed by atoms with van der Waals surface area (Å²) < 4.78 is 0. The monoisotopic (exact) mass is 266 g/mol. The standard InChI is InChI=1S/C13H14ClNO3/c14-11-5-3-9(4-6-11)12(16)15-7-1-2-10(8-15)13(17)18/h3-6,10H,1-2,7-8H2,(H,17,18)/p-1/t10-/m1/s1. The molecule has 1 saturated heterocycles. The molecule has 1 aromatic carbocycles. The summed E-state index contributed by atoms with van der Waals surface area (Å²) in [4.78, 5) is 24.5. The van der Waals surface area contributed by atoms with Gasteiger partial charge in [-0.15, -0.1) is 0 Å². The molecule has 1 atom stereocenters. The summed E-state index contributed by atoms with van der Waals surface area (Å²) in [6.07, 6.45) is 1.27. The minimum atomic E-state index is -1.08. The zero-order valence-corrected chi connectivity index (χ0v) is 10.5. The number of carbonyl (C=O) groups is 2. The van der Waals surface area contributed by atoms with Gasteiger partial charge >= 0.3 is 0 Å². The van der Waals surface area contributed by atoms with Gasteiger partial charge in [-0.05, 0) is 37.1 Å². The van der Waals surface area contributed by atoms with Crippen LogP contribution in [0.2, 0.25) is 5.02 Å². The second kappa shape index (κ2) is 5.40.